The Morgan fingerprint density at radius 2 is 1.19 bits per heavy atom. The summed E-state index contributed by atoms with van der Waals surface area (Å²) in [5.41, 5.74) is -0.672. The van der Waals surface area contributed by atoms with E-state index in [2.05, 4.69) is 21.3 Å². The zero-order chi connectivity index (χ0) is 68.7. The van der Waals surface area contributed by atoms with Gasteiger partial charge in [0.1, 0.15) is 59.9 Å². The van der Waals surface area contributed by atoms with Crippen molar-refractivity contribution in [1.82, 2.24) is 55.6 Å². The molecule has 2 saturated carbocycles. The molecule has 3 aliphatic heterocycles. The second-order valence-electron chi connectivity index (χ2n) is 26.7. The Morgan fingerprint density at radius 1 is 0.602 bits per heavy atom. The van der Waals surface area contributed by atoms with Crippen LogP contribution in [0, 0.1) is 18.8 Å². The third-order valence-electron chi connectivity index (χ3n) is 20.4. The molecule has 0 aromatic heterocycles. The summed E-state index contributed by atoms with van der Waals surface area (Å²) in [5.74, 6) is -7.52. The van der Waals surface area contributed by atoms with Crippen molar-refractivity contribution >= 4 is 76.6 Å². The van der Waals surface area contributed by atoms with Crippen LogP contribution in [0.1, 0.15) is 154 Å². The van der Waals surface area contributed by atoms with Gasteiger partial charge in [-0.1, -0.05) is 93.4 Å². The van der Waals surface area contributed by atoms with E-state index >= 15 is 14.4 Å². The largest absolute Gasteiger partial charge is 0.417 e. The van der Waals surface area contributed by atoms with Crippen LogP contribution < -0.4 is 21.3 Å². The lowest BCUT2D eigenvalue weighted by Gasteiger charge is -2.45. The minimum atomic E-state index is -4.75. The SMILES string of the molecule is CC[C@H](C)[C@@H]1NC(=O)[C@H](C)N(C)C(=O)C[C@@H](C)NC(=O)[C@H](C2CCCC2)N(C)C(=O)C2(CCCC2)NC(=O)[C@@H]2CCCN2C(=O)[C@H](CCc2ccc(C(F)(F)F)c(Cl)c2)NC(=O)[C@@H](C)N(C)C(=O)[C@H](Cc2ccc(C)cc2)N(C)C(=O)[C@@H]2CCN2C(=O)[C@H](C)N(C)C1=O. The fourth-order valence-electron chi connectivity index (χ4n) is 13.6. The van der Waals surface area contributed by atoms with Crippen molar-refractivity contribution in [2.24, 2.45) is 11.8 Å². The van der Waals surface area contributed by atoms with Gasteiger partial charge in [0, 0.05) is 67.2 Å². The number of fused-ring (bicyclic) bond motifs is 2. The topological polar surface area (TPSA) is 259 Å². The van der Waals surface area contributed by atoms with Gasteiger partial charge in [-0.2, -0.15) is 13.2 Å². The number of nitrogens with one attached hydrogen (secondary N) is 4. The first-order valence-electron chi connectivity index (χ1n) is 32.8. The summed E-state index contributed by atoms with van der Waals surface area (Å²) >= 11 is 6.15. The van der Waals surface area contributed by atoms with Crippen LogP contribution in [0.3, 0.4) is 0 Å². The van der Waals surface area contributed by atoms with Crippen molar-refractivity contribution in [1.29, 1.82) is 0 Å². The van der Waals surface area contributed by atoms with Crippen molar-refractivity contribution in [2.45, 2.75) is 223 Å². The number of hydrogen-bond acceptors (Lipinski definition) is 11. The van der Waals surface area contributed by atoms with E-state index in [0.717, 1.165) is 35.4 Å². The summed E-state index contributed by atoms with van der Waals surface area (Å²) in [7, 11) is 7.19. The molecule has 5 aliphatic rings. The molecule has 1 spiro atoms. The van der Waals surface area contributed by atoms with Crippen LogP contribution in [0.2, 0.25) is 5.02 Å². The molecule has 26 heteroatoms. The molecule has 11 amide bonds. The van der Waals surface area contributed by atoms with E-state index < -0.39 is 154 Å². The Labute approximate surface area is 549 Å². The van der Waals surface area contributed by atoms with Gasteiger partial charge in [-0.15, -0.1) is 0 Å². The van der Waals surface area contributed by atoms with Crippen molar-refractivity contribution in [3.05, 3.63) is 69.7 Å². The van der Waals surface area contributed by atoms with Gasteiger partial charge in [-0.05, 0) is 128 Å². The summed E-state index contributed by atoms with van der Waals surface area (Å²) < 4.78 is 41.5. The fraction of sp³-hybridized carbons (Fsp3) is 0.657. The molecule has 2 aromatic rings. The average molecular weight is 1320 g/mol. The highest BCUT2D eigenvalue weighted by atomic mass is 35.5. The van der Waals surface area contributed by atoms with E-state index in [4.69, 9.17) is 11.6 Å². The number of alkyl halides is 3. The lowest BCUT2D eigenvalue weighted by Crippen LogP contribution is -2.65. The fourth-order valence-corrected chi connectivity index (χ4v) is 13.9. The molecule has 93 heavy (non-hydrogen) atoms. The van der Waals surface area contributed by atoms with E-state index in [1.165, 1.54) is 91.5 Å². The first-order valence-corrected chi connectivity index (χ1v) is 33.2. The van der Waals surface area contributed by atoms with E-state index in [0.29, 0.717) is 49.7 Å². The van der Waals surface area contributed by atoms with E-state index in [1.54, 1.807) is 26.0 Å². The molecular weight excluding hydrogens is 1230 g/mol. The molecule has 0 radical (unpaired) electrons. The molecule has 11 atom stereocenters. The molecule has 0 unspecified atom stereocenters. The van der Waals surface area contributed by atoms with Crippen molar-refractivity contribution in [3.8, 4) is 0 Å². The summed E-state index contributed by atoms with van der Waals surface area (Å²) in [4.78, 5) is 171. The molecule has 4 N–H and O–H groups in total. The summed E-state index contributed by atoms with van der Waals surface area (Å²) in [5, 5.41) is 11.1. The van der Waals surface area contributed by atoms with E-state index in [1.807, 2.05) is 26.0 Å². The monoisotopic (exact) mass is 1320 g/mol. The Morgan fingerprint density at radius 3 is 1.78 bits per heavy atom. The molecule has 2 aromatic carbocycles. The highest BCUT2D eigenvalue weighted by molar-refractivity contribution is 6.31. The second-order valence-corrected chi connectivity index (χ2v) is 27.1. The maximum atomic E-state index is 15.2. The molecule has 3 heterocycles. The predicted octanol–water partition coefficient (Wildman–Crippen LogP) is 5.17. The van der Waals surface area contributed by atoms with Crippen molar-refractivity contribution < 1.29 is 65.9 Å². The molecule has 22 nitrogen and oxygen atoms in total. The molecule has 5 fully saturated rings. The van der Waals surface area contributed by atoms with Gasteiger partial charge in [0.2, 0.25) is 65.0 Å². The van der Waals surface area contributed by atoms with Gasteiger partial charge in [0.25, 0.3) is 0 Å². The summed E-state index contributed by atoms with van der Waals surface area (Å²) in [6.07, 6.45) is 0.257. The standard InChI is InChI=1S/C67H95ClF3N11O11/c1-13-39(3)54-64(92)78(10)43(7)60(88)82-34-30-51(82)62(90)79(11)52(37-45-24-22-38(2)23-25-45)63(91)77(9)42(6)56(84)73-49(29-27-44-26-28-47(48(68)36-44)67(69,70)71)61(89)81-33-18-21-50(81)58(86)75-66(31-16-17-32-66)65(93)80(12)55(46-19-14-15-20-46)59(87)72-40(4)35-53(83)76(8)41(5)57(85)74-54/h22-26,28,36,39-43,46,49-52,54-55H,13-21,27,29-35,37H2,1-12H3,(H,72,87)(H,73,84)(H,74,85)(H,75,86)/t39-,40+,41-,42+,43-,49-,50-,51-,52-,54-,55-/m0/s1. The smallest absolute Gasteiger partial charge is 0.351 e. The number of benzene rings is 2. The third-order valence-corrected chi connectivity index (χ3v) is 20.7. The van der Waals surface area contributed by atoms with Gasteiger partial charge >= 0.3 is 6.18 Å². The number of halogens is 4. The van der Waals surface area contributed by atoms with Crippen LogP contribution in [-0.2, 0) is 71.8 Å². The van der Waals surface area contributed by atoms with Gasteiger partial charge in [0.05, 0.1) is 10.6 Å². The Kier molecular flexibility index (Phi) is 24.2. The quantitative estimate of drug-likeness (QED) is 0.268. The number of nitrogens with zero attached hydrogens (tertiary/aromatic N) is 7. The van der Waals surface area contributed by atoms with Crippen LogP contribution >= 0.6 is 11.6 Å². The predicted molar refractivity (Wildman–Crippen MR) is 341 cm³/mol. The van der Waals surface area contributed by atoms with Crippen LogP contribution in [0.15, 0.2) is 42.5 Å². The average Bonchev–Trinajstić information content (AvgIpc) is 1.78. The van der Waals surface area contributed by atoms with Crippen molar-refractivity contribution in [3.63, 3.8) is 0 Å². The van der Waals surface area contributed by atoms with Gasteiger partial charge < -0.3 is 55.6 Å². The number of carbonyl (C=O) groups is 11. The maximum absolute atomic E-state index is 15.2. The Hall–Kier alpha value is -7.31. The first kappa shape index (κ1) is 73.1. The van der Waals surface area contributed by atoms with Gasteiger partial charge in [0.15, 0.2) is 0 Å². The van der Waals surface area contributed by atoms with Crippen molar-refractivity contribution in [2.75, 3.05) is 48.3 Å². The van der Waals surface area contributed by atoms with Crippen LogP contribution in [0.4, 0.5) is 13.2 Å². The van der Waals surface area contributed by atoms with Crippen LogP contribution in [0.5, 0.6) is 0 Å². The molecule has 7 rings (SSSR count). The minimum Gasteiger partial charge on any atom is -0.351 e. The summed E-state index contributed by atoms with van der Waals surface area (Å²) in [6.45, 7) is 11.8. The van der Waals surface area contributed by atoms with Crippen LogP contribution in [-0.4, -0.2) is 214 Å². The molecule has 512 valence electrons. The zero-order valence-corrected chi connectivity index (χ0v) is 56.6. The highest BCUT2D eigenvalue weighted by Gasteiger charge is 2.51. The van der Waals surface area contributed by atoms with Crippen LogP contribution in [0.25, 0.3) is 0 Å². The summed E-state index contributed by atoms with van der Waals surface area (Å²) in [6, 6.07) is -1.02. The normalized spacial score (nSPS) is 28.4. The van der Waals surface area contributed by atoms with E-state index in [-0.39, 0.29) is 70.4 Å². The number of rotatable bonds is 8. The zero-order valence-electron chi connectivity index (χ0n) is 55.8. The first-order chi connectivity index (χ1) is 43.7. The number of aryl methyl sites for hydroxylation is 2. The molecule has 3 saturated heterocycles. The minimum absolute atomic E-state index is 0.0342. The number of likely N-dealkylation sites (N-methyl/N-ethyl adjacent to an activating group) is 5. The second kappa shape index (κ2) is 30.8. The Balaban J connectivity index is 1.25. The lowest BCUT2D eigenvalue weighted by molar-refractivity contribution is -0.160. The lowest BCUT2D eigenvalue weighted by atomic mass is 9.90. The molecule has 0 bridgehead atoms. The van der Waals surface area contributed by atoms with Gasteiger partial charge in [-0.25, -0.2) is 0 Å². The maximum Gasteiger partial charge on any atom is 0.417 e. The number of carbonyl (C=O) groups excluding carboxylic acids is 11. The Bertz CT molecular complexity index is 3120. The number of amides is 11. The van der Waals surface area contributed by atoms with Gasteiger partial charge in [-0.3, -0.25) is 52.7 Å². The highest BCUT2D eigenvalue weighted by Crippen LogP contribution is 2.38. The number of hydrogen-bond donors (Lipinski definition) is 4. The third kappa shape index (κ3) is 16.6. The molecular formula is C67H95ClF3N11O11. The van der Waals surface area contributed by atoms with E-state index in [9.17, 15) is 51.5 Å². The molecule has 2 aliphatic carbocycles.